The summed E-state index contributed by atoms with van der Waals surface area (Å²) in [5, 5.41) is 4.15. The van der Waals surface area contributed by atoms with Crippen LogP contribution in [0.4, 0.5) is 5.69 Å². The third-order valence-corrected chi connectivity index (χ3v) is 9.01. The van der Waals surface area contributed by atoms with Crippen LogP contribution < -0.4 is 10.1 Å². The van der Waals surface area contributed by atoms with E-state index in [1.54, 1.807) is 24.3 Å². The predicted molar refractivity (Wildman–Crippen MR) is 189 cm³/mol. The van der Waals surface area contributed by atoms with E-state index in [0.717, 1.165) is 22.3 Å². The maximum absolute atomic E-state index is 14.0. The van der Waals surface area contributed by atoms with Crippen LogP contribution in [0.2, 0.25) is 10.0 Å². The molecule has 4 aromatic rings. The number of anilines is 1. The second-order valence-corrected chi connectivity index (χ2v) is 15.2. The van der Waals surface area contributed by atoms with E-state index in [4.69, 9.17) is 32.5 Å². The Morgan fingerprint density at radius 1 is 0.872 bits per heavy atom. The van der Waals surface area contributed by atoms with Crippen LogP contribution >= 0.6 is 23.2 Å². The Bertz CT molecular complexity index is 1800. The van der Waals surface area contributed by atoms with Gasteiger partial charge < -0.3 is 10.1 Å². The lowest BCUT2D eigenvalue weighted by Crippen LogP contribution is -2.25. The SMILES string of the molecule is CC(c1ccc(C(=O)CCCS(=O)(=O)O)cc1)C(C(=O)Nc1ccc(-c2ccc(Cl)cc2Cl)cc1)c1ccc(OCC(C)(C)C)cc1. The summed E-state index contributed by atoms with van der Waals surface area (Å²) in [6.07, 6.45) is 0.0214. The van der Waals surface area contributed by atoms with E-state index >= 15 is 0 Å². The molecule has 2 unspecified atom stereocenters. The second-order valence-electron chi connectivity index (χ2n) is 12.8. The normalized spacial score (nSPS) is 13.1. The van der Waals surface area contributed by atoms with Gasteiger partial charge in [-0.25, -0.2) is 0 Å². The third-order valence-electron chi connectivity index (χ3n) is 7.65. The lowest BCUT2D eigenvalue weighted by molar-refractivity contribution is -0.118. The number of nitrogens with one attached hydrogen (secondary N) is 1. The molecule has 0 saturated heterocycles. The van der Waals surface area contributed by atoms with E-state index in [-0.39, 0.29) is 35.9 Å². The minimum atomic E-state index is -4.13. The van der Waals surface area contributed by atoms with Crippen LogP contribution in [0.1, 0.15) is 73.9 Å². The largest absolute Gasteiger partial charge is 0.493 e. The number of carbonyl (C=O) groups is 2. The Hall–Kier alpha value is -3.69. The molecule has 4 aromatic carbocycles. The van der Waals surface area contributed by atoms with Gasteiger partial charge in [0.1, 0.15) is 5.75 Å². The highest BCUT2D eigenvalue weighted by Crippen LogP contribution is 2.36. The summed E-state index contributed by atoms with van der Waals surface area (Å²) in [4.78, 5) is 26.6. The molecule has 4 rings (SSSR count). The van der Waals surface area contributed by atoms with Crippen molar-refractivity contribution in [2.24, 2.45) is 5.41 Å². The van der Waals surface area contributed by atoms with Gasteiger partial charge in [0.05, 0.1) is 18.3 Å². The van der Waals surface area contributed by atoms with Crippen molar-refractivity contribution >= 4 is 50.7 Å². The molecule has 0 heterocycles. The molecule has 0 aromatic heterocycles. The Morgan fingerprint density at radius 2 is 1.49 bits per heavy atom. The maximum Gasteiger partial charge on any atom is 0.264 e. The molecule has 2 atom stereocenters. The van der Waals surface area contributed by atoms with Crippen LogP contribution in [0.5, 0.6) is 5.75 Å². The number of halogens is 2. The number of amides is 1. The fourth-order valence-corrected chi connectivity index (χ4v) is 6.17. The van der Waals surface area contributed by atoms with Gasteiger partial charge in [-0.3, -0.25) is 14.1 Å². The van der Waals surface area contributed by atoms with Crippen LogP contribution in [0.25, 0.3) is 11.1 Å². The summed E-state index contributed by atoms with van der Waals surface area (Å²) < 4.78 is 36.9. The Kier molecular flexibility index (Phi) is 11.9. The summed E-state index contributed by atoms with van der Waals surface area (Å²) in [7, 11) is -4.13. The molecule has 1 amide bonds. The van der Waals surface area contributed by atoms with Crippen molar-refractivity contribution in [3.63, 3.8) is 0 Å². The van der Waals surface area contributed by atoms with Gasteiger partial charge in [-0.2, -0.15) is 8.42 Å². The van der Waals surface area contributed by atoms with E-state index in [0.29, 0.717) is 33.7 Å². The van der Waals surface area contributed by atoms with Crippen LogP contribution in [0.15, 0.2) is 91.0 Å². The summed E-state index contributed by atoms with van der Waals surface area (Å²) in [6.45, 7) is 8.79. The zero-order valence-corrected chi connectivity index (χ0v) is 29.1. The molecule has 248 valence electrons. The van der Waals surface area contributed by atoms with Crippen molar-refractivity contribution in [3.8, 4) is 16.9 Å². The van der Waals surface area contributed by atoms with Gasteiger partial charge in [0, 0.05) is 33.3 Å². The molecule has 0 aliphatic heterocycles. The zero-order chi connectivity index (χ0) is 34.4. The monoisotopic (exact) mass is 695 g/mol. The quantitative estimate of drug-likeness (QED) is 0.107. The highest BCUT2D eigenvalue weighted by molar-refractivity contribution is 7.85. The number of Topliss-reactive ketones (excluding diaryl/α,β-unsaturated/α-hetero) is 1. The molecule has 0 aliphatic carbocycles. The van der Waals surface area contributed by atoms with E-state index < -0.39 is 21.8 Å². The first-order valence-corrected chi connectivity index (χ1v) is 17.6. The molecule has 0 fully saturated rings. The fraction of sp³-hybridized carbons (Fsp3) is 0.297. The standard InChI is InChI=1S/C37H39Cl2NO6S/c1-24(25-7-9-27(10-8-25)34(41)6-5-21-47(43,44)45)35(28-13-18-31(19-14-28)46-23-37(2,3)4)36(42)40-30-16-11-26(12-17-30)32-20-15-29(38)22-33(32)39/h7-20,22,24,35H,5-6,21,23H2,1-4H3,(H,40,42)(H,43,44,45). The topological polar surface area (TPSA) is 110 Å². The summed E-state index contributed by atoms with van der Waals surface area (Å²) >= 11 is 12.4. The van der Waals surface area contributed by atoms with Gasteiger partial charge >= 0.3 is 0 Å². The molecular formula is C37H39Cl2NO6S. The molecule has 10 heteroatoms. The number of benzene rings is 4. The molecule has 0 spiro atoms. The number of rotatable bonds is 13. The Balaban J connectivity index is 1.56. The van der Waals surface area contributed by atoms with E-state index in [2.05, 4.69) is 26.1 Å². The first kappa shape index (κ1) is 36.2. The average Bonchev–Trinajstić information content (AvgIpc) is 3.00. The summed E-state index contributed by atoms with van der Waals surface area (Å²) in [5.41, 5.74) is 4.40. The van der Waals surface area contributed by atoms with Gasteiger partial charge in [-0.1, -0.05) is 105 Å². The van der Waals surface area contributed by atoms with Crippen molar-refractivity contribution in [3.05, 3.63) is 118 Å². The highest BCUT2D eigenvalue weighted by Gasteiger charge is 2.29. The smallest absolute Gasteiger partial charge is 0.264 e. The van der Waals surface area contributed by atoms with Crippen molar-refractivity contribution in [2.75, 3.05) is 17.7 Å². The fourth-order valence-electron chi connectivity index (χ4n) is 5.14. The second kappa shape index (κ2) is 15.5. The van der Waals surface area contributed by atoms with Gasteiger partial charge in [-0.15, -0.1) is 0 Å². The minimum Gasteiger partial charge on any atom is -0.493 e. The molecule has 47 heavy (non-hydrogen) atoms. The predicted octanol–water partition coefficient (Wildman–Crippen LogP) is 9.46. The van der Waals surface area contributed by atoms with E-state index in [9.17, 15) is 18.0 Å². The third kappa shape index (κ3) is 10.7. The minimum absolute atomic E-state index is 0.00582. The summed E-state index contributed by atoms with van der Waals surface area (Å²) in [5.74, 6) is -1.06. The molecule has 0 aliphatic rings. The first-order valence-electron chi connectivity index (χ1n) is 15.3. The zero-order valence-electron chi connectivity index (χ0n) is 26.8. The molecular weight excluding hydrogens is 657 g/mol. The molecule has 7 nitrogen and oxygen atoms in total. The lowest BCUT2D eigenvalue weighted by Gasteiger charge is -2.25. The Labute approximate surface area is 287 Å². The highest BCUT2D eigenvalue weighted by atomic mass is 35.5. The van der Waals surface area contributed by atoms with Crippen LogP contribution in [-0.4, -0.2) is 37.0 Å². The van der Waals surface area contributed by atoms with Gasteiger partial charge in [0.15, 0.2) is 5.78 Å². The van der Waals surface area contributed by atoms with Crippen LogP contribution in [-0.2, 0) is 14.9 Å². The Morgan fingerprint density at radius 3 is 2.06 bits per heavy atom. The number of hydrogen-bond donors (Lipinski definition) is 2. The van der Waals surface area contributed by atoms with Crippen molar-refractivity contribution < 1.29 is 27.3 Å². The molecule has 2 N–H and O–H groups in total. The van der Waals surface area contributed by atoms with Crippen LogP contribution in [0.3, 0.4) is 0 Å². The number of ether oxygens (including phenoxy) is 1. The summed E-state index contributed by atoms with van der Waals surface area (Å²) in [6, 6.07) is 27.3. The van der Waals surface area contributed by atoms with Gasteiger partial charge in [-0.05, 0) is 70.8 Å². The van der Waals surface area contributed by atoms with Gasteiger partial charge in [0.25, 0.3) is 10.1 Å². The molecule has 0 radical (unpaired) electrons. The maximum atomic E-state index is 14.0. The number of ketones is 1. The van der Waals surface area contributed by atoms with E-state index in [1.165, 1.54) is 0 Å². The number of hydrogen-bond acceptors (Lipinski definition) is 5. The van der Waals surface area contributed by atoms with Crippen molar-refractivity contribution in [1.29, 1.82) is 0 Å². The first-order chi connectivity index (χ1) is 22.1. The lowest BCUT2D eigenvalue weighted by atomic mass is 9.81. The number of carbonyl (C=O) groups excluding carboxylic acids is 2. The molecule has 0 bridgehead atoms. The molecule has 0 saturated carbocycles. The average molecular weight is 697 g/mol. The van der Waals surface area contributed by atoms with Crippen molar-refractivity contribution in [1.82, 2.24) is 0 Å². The van der Waals surface area contributed by atoms with Gasteiger partial charge in [0.2, 0.25) is 5.91 Å². The van der Waals surface area contributed by atoms with Crippen molar-refractivity contribution in [2.45, 2.75) is 52.4 Å². The van der Waals surface area contributed by atoms with E-state index in [1.807, 2.05) is 73.7 Å². The van der Waals surface area contributed by atoms with Crippen LogP contribution in [0, 0.1) is 5.41 Å².